The highest BCUT2D eigenvalue weighted by Gasteiger charge is 2.62. The summed E-state index contributed by atoms with van der Waals surface area (Å²) in [5.41, 5.74) is -0.0505. The molecule has 0 N–H and O–H groups in total. The Kier molecular flexibility index (Phi) is 3.27. The fourth-order valence-corrected chi connectivity index (χ4v) is 3.22. The molecule has 0 saturated heterocycles. The summed E-state index contributed by atoms with van der Waals surface area (Å²) in [6.45, 7) is 4.13. The zero-order chi connectivity index (χ0) is 14.2. The first-order valence-electron chi connectivity index (χ1n) is 6.53. The van der Waals surface area contributed by atoms with E-state index >= 15 is 0 Å². The maximum absolute atomic E-state index is 9.09. The predicted octanol–water partition coefficient (Wildman–Crippen LogP) is 3.63. The zero-order valence-electron chi connectivity index (χ0n) is 11.4. The van der Waals surface area contributed by atoms with Crippen molar-refractivity contribution in [2.75, 3.05) is 0 Å². The van der Waals surface area contributed by atoms with Gasteiger partial charge in [-0.3, -0.25) is 0 Å². The van der Waals surface area contributed by atoms with Gasteiger partial charge in [-0.05, 0) is 17.5 Å². The minimum absolute atomic E-state index is 0.0161. The molecule has 2 aromatic rings. The predicted molar refractivity (Wildman–Crippen MR) is 75.9 cm³/mol. The minimum atomic E-state index is -0.0505. The van der Waals surface area contributed by atoms with E-state index in [-0.39, 0.29) is 17.3 Å². The molecule has 2 atom stereocenters. The zero-order valence-corrected chi connectivity index (χ0v) is 12.2. The topological polar surface area (TPSA) is 62.7 Å². The molecule has 0 bridgehead atoms. The molecular weight excluding hydrogens is 270 g/mol. The first kappa shape index (κ1) is 13.2. The van der Waals surface area contributed by atoms with Gasteiger partial charge in [-0.25, -0.2) is 0 Å². The van der Waals surface area contributed by atoms with Crippen LogP contribution in [0.1, 0.15) is 31.5 Å². The average molecular weight is 285 g/mol. The Balaban J connectivity index is 1.65. The van der Waals surface area contributed by atoms with Gasteiger partial charge in [-0.2, -0.15) is 10.2 Å². The minimum Gasteiger partial charge on any atom is -0.339 e. The molecule has 102 valence electrons. The second-order valence-electron chi connectivity index (χ2n) is 5.56. The van der Waals surface area contributed by atoms with Crippen LogP contribution in [0.5, 0.6) is 0 Å². The molecule has 0 amide bonds. The van der Waals surface area contributed by atoms with E-state index in [4.69, 9.17) is 9.78 Å². The van der Waals surface area contributed by atoms with Gasteiger partial charge in [0.1, 0.15) is 0 Å². The van der Waals surface area contributed by atoms with Crippen LogP contribution in [0, 0.1) is 22.7 Å². The monoisotopic (exact) mass is 285 g/mol. The van der Waals surface area contributed by atoms with E-state index in [0.29, 0.717) is 17.5 Å². The molecule has 1 saturated carbocycles. The number of nitriles is 1. The molecule has 0 aliphatic heterocycles. The fraction of sp³-hybridized carbons (Fsp3) is 0.400. The van der Waals surface area contributed by atoms with E-state index in [1.165, 1.54) is 4.90 Å². The maximum Gasteiger partial charge on any atom is 0.231 e. The molecule has 20 heavy (non-hydrogen) atoms. The van der Waals surface area contributed by atoms with Gasteiger partial charge in [-0.15, -0.1) is 11.8 Å². The van der Waals surface area contributed by atoms with Gasteiger partial charge in [0.2, 0.25) is 5.89 Å². The van der Waals surface area contributed by atoms with Crippen LogP contribution in [-0.4, -0.2) is 10.1 Å². The van der Waals surface area contributed by atoms with Crippen molar-refractivity contribution in [3.8, 4) is 6.07 Å². The summed E-state index contributed by atoms with van der Waals surface area (Å²) in [5.74, 6) is 2.03. The number of thioether (sulfide) groups is 1. The number of hydrogen-bond acceptors (Lipinski definition) is 5. The first-order valence-corrected chi connectivity index (χ1v) is 7.51. The van der Waals surface area contributed by atoms with E-state index in [1.807, 2.05) is 18.2 Å². The molecule has 1 aromatic carbocycles. The van der Waals surface area contributed by atoms with Crippen LogP contribution in [0.25, 0.3) is 0 Å². The summed E-state index contributed by atoms with van der Waals surface area (Å²) < 4.78 is 5.32. The third-order valence-corrected chi connectivity index (χ3v) is 4.84. The van der Waals surface area contributed by atoms with E-state index in [1.54, 1.807) is 11.8 Å². The standard InChI is InChI=1S/C15H15N3OS/c1-15(2)11(8-16)13(15)14-17-12(18-19-14)9-20-10-6-4-3-5-7-10/h3-7,11,13H,9H2,1-2H3. The van der Waals surface area contributed by atoms with Gasteiger partial charge < -0.3 is 4.52 Å². The van der Waals surface area contributed by atoms with Crippen molar-refractivity contribution in [2.45, 2.75) is 30.4 Å². The summed E-state index contributed by atoms with van der Waals surface area (Å²) >= 11 is 1.68. The van der Waals surface area contributed by atoms with Crippen LogP contribution < -0.4 is 0 Å². The van der Waals surface area contributed by atoms with Crippen LogP contribution in [0.3, 0.4) is 0 Å². The average Bonchev–Trinajstić information content (AvgIpc) is 2.81. The largest absolute Gasteiger partial charge is 0.339 e. The Morgan fingerprint density at radius 1 is 1.35 bits per heavy atom. The quantitative estimate of drug-likeness (QED) is 0.803. The SMILES string of the molecule is CC1(C)C(C#N)C1c1nc(CSc2ccccc2)no1. The maximum atomic E-state index is 9.09. The summed E-state index contributed by atoms with van der Waals surface area (Å²) in [4.78, 5) is 5.61. The van der Waals surface area contributed by atoms with Crippen molar-refractivity contribution in [1.29, 1.82) is 5.26 Å². The third-order valence-electron chi connectivity index (χ3n) is 3.83. The molecule has 1 heterocycles. The van der Waals surface area contributed by atoms with E-state index < -0.39 is 0 Å². The fourth-order valence-electron chi connectivity index (χ4n) is 2.46. The highest BCUT2D eigenvalue weighted by molar-refractivity contribution is 7.98. The second kappa shape index (κ2) is 4.95. The Labute approximate surface area is 122 Å². The summed E-state index contributed by atoms with van der Waals surface area (Å²) in [6.07, 6.45) is 0. The molecular formula is C15H15N3OS. The van der Waals surface area contributed by atoms with Crippen LogP contribution in [0.15, 0.2) is 39.8 Å². The Bertz CT molecular complexity index is 645. The summed E-state index contributed by atoms with van der Waals surface area (Å²) in [5, 5.41) is 13.1. The van der Waals surface area contributed by atoms with E-state index in [9.17, 15) is 0 Å². The number of benzene rings is 1. The Morgan fingerprint density at radius 3 is 2.75 bits per heavy atom. The molecule has 3 rings (SSSR count). The van der Waals surface area contributed by atoms with Gasteiger partial charge >= 0.3 is 0 Å². The molecule has 5 heteroatoms. The Morgan fingerprint density at radius 2 is 2.10 bits per heavy atom. The molecule has 2 unspecified atom stereocenters. The van der Waals surface area contributed by atoms with Gasteiger partial charge in [0, 0.05) is 4.90 Å². The summed E-state index contributed by atoms with van der Waals surface area (Å²) in [6, 6.07) is 12.4. The van der Waals surface area contributed by atoms with Gasteiger partial charge in [0.15, 0.2) is 5.82 Å². The van der Waals surface area contributed by atoms with Crippen molar-refractivity contribution < 1.29 is 4.52 Å². The van der Waals surface area contributed by atoms with Crippen molar-refractivity contribution in [3.05, 3.63) is 42.0 Å². The van der Waals surface area contributed by atoms with Gasteiger partial charge in [0.25, 0.3) is 0 Å². The lowest BCUT2D eigenvalue weighted by Crippen LogP contribution is -1.91. The van der Waals surface area contributed by atoms with Crippen LogP contribution in [0.4, 0.5) is 0 Å². The molecule has 0 spiro atoms. The number of nitrogens with zero attached hydrogens (tertiary/aromatic N) is 3. The lowest BCUT2D eigenvalue weighted by atomic mass is 10.1. The smallest absolute Gasteiger partial charge is 0.231 e. The lowest BCUT2D eigenvalue weighted by Gasteiger charge is -1.96. The second-order valence-corrected chi connectivity index (χ2v) is 6.61. The van der Waals surface area contributed by atoms with E-state index in [2.05, 4.69) is 42.2 Å². The third kappa shape index (κ3) is 2.32. The molecule has 1 aromatic heterocycles. The summed E-state index contributed by atoms with van der Waals surface area (Å²) in [7, 11) is 0. The molecule has 1 aliphatic rings. The van der Waals surface area contributed by atoms with Crippen LogP contribution in [0.2, 0.25) is 0 Å². The van der Waals surface area contributed by atoms with Crippen LogP contribution >= 0.6 is 11.8 Å². The van der Waals surface area contributed by atoms with Gasteiger partial charge in [0.05, 0.1) is 23.7 Å². The normalized spacial score (nSPS) is 23.2. The number of hydrogen-bond donors (Lipinski definition) is 0. The van der Waals surface area contributed by atoms with Crippen molar-refractivity contribution >= 4 is 11.8 Å². The molecule has 1 aliphatic carbocycles. The van der Waals surface area contributed by atoms with Crippen molar-refractivity contribution in [1.82, 2.24) is 10.1 Å². The first-order chi connectivity index (χ1) is 9.63. The number of aromatic nitrogens is 2. The molecule has 4 nitrogen and oxygen atoms in total. The van der Waals surface area contributed by atoms with E-state index in [0.717, 1.165) is 0 Å². The van der Waals surface area contributed by atoms with Crippen molar-refractivity contribution in [2.24, 2.45) is 11.3 Å². The molecule has 0 radical (unpaired) electrons. The number of rotatable bonds is 4. The molecule has 1 fully saturated rings. The lowest BCUT2D eigenvalue weighted by molar-refractivity contribution is 0.364. The van der Waals surface area contributed by atoms with Gasteiger partial charge in [-0.1, -0.05) is 37.2 Å². The Hall–Kier alpha value is -1.80. The highest BCUT2D eigenvalue weighted by Crippen LogP contribution is 2.63. The van der Waals surface area contributed by atoms with Crippen LogP contribution in [-0.2, 0) is 5.75 Å². The van der Waals surface area contributed by atoms with Crippen molar-refractivity contribution in [3.63, 3.8) is 0 Å². The highest BCUT2D eigenvalue weighted by atomic mass is 32.2.